The van der Waals surface area contributed by atoms with Crippen molar-refractivity contribution in [1.82, 2.24) is 24.6 Å². The summed E-state index contributed by atoms with van der Waals surface area (Å²) in [6, 6.07) is 15.8. The Morgan fingerprint density at radius 2 is 1.83 bits per heavy atom. The average Bonchev–Trinajstić information content (AvgIpc) is 3.09. The number of fused-ring (bicyclic) bond motifs is 2. The maximum atomic E-state index is 11.9. The average molecular weight is 508 g/mol. The molecule has 0 saturated carbocycles. The van der Waals surface area contributed by atoms with Gasteiger partial charge in [0.1, 0.15) is 0 Å². The molecule has 1 aliphatic heterocycles. The Morgan fingerprint density at radius 1 is 1.00 bits per heavy atom. The van der Waals surface area contributed by atoms with Crippen LogP contribution in [0.1, 0.15) is 17.5 Å². The lowest BCUT2D eigenvalue weighted by Crippen LogP contribution is -2.27. The molecule has 4 aromatic rings. The summed E-state index contributed by atoms with van der Waals surface area (Å²) in [4.78, 5) is 7.29. The van der Waals surface area contributed by atoms with Crippen molar-refractivity contribution in [3.05, 3.63) is 65.9 Å². The van der Waals surface area contributed by atoms with E-state index in [-0.39, 0.29) is 0 Å². The van der Waals surface area contributed by atoms with Crippen LogP contribution in [0.5, 0.6) is 0 Å². The molecule has 0 bridgehead atoms. The highest BCUT2D eigenvalue weighted by Gasteiger charge is 2.17. The Hall–Kier alpha value is -2.75. The Labute approximate surface area is 210 Å². The molecule has 1 aliphatic rings. The third-order valence-electron chi connectivity index (χ3n) is 6.55. The maximum absolute atomic E-state index is 11.9. The molecule has 0 aliphatic carbocycles. The zero-order valence-electron chi connectivity index (χ0n) is 20.0. The van der Waals surface area contributed by atoms with Crippen molar-refractivity contribution in [3.63, 3.8) is 0 Å². The molecule has 35 heavy (non-hydrogen) atoms. The molecule has 3 heterocycles. The highest BCUT2D eigenvalue weighted by Crippen LogP contribution is 2.26. The Kier molecular flexibility index (Phi) is 6.91. The van der Waals surface area contributed by atoms with Gasteiger partial charge >= 0.3 is 0 Å². The van der Waals surface area contributed by atoms with Gasteiger partial charge in [-0.3, -0.25) is 4.98 Å². The van der Waals surface area contributed by atoms with Gasteiger partial charge in [0.2, 0.25) is 0 Å². The number of nitrogens with zero attached hydrogens (tertiary/aromatic N) is 5. The van der Waals surface area contributed by atoms with Gasteiger partial charge in [0.05, 0.1) is 10.4 Å². The SMILES string of the molecule is Cn1c(SCCCN2CCc3ccc(S(C)(=O)=O)cc3CC2)nnc1-c1ccc2ncccc2c1. The molecule has 2 aromatic heterocycles. The first kappa shape index (κ1) is 24.0. The summed E-state index contributed by atoms with van der Waals surface area (Å²) >= 11 is 1.74. The molecule has 2 aromatic carbocycles. The van der Waals surface area contributed by atoms with Crippen LogP contribution in [0, 0.1) is 0 Å². The van der Waals surface area contributed by atoms with Crippen molar-refractivity contribution in [2.24, 2.45) is 7.05 Å². The van der Waals surface area contributed by atoms with Crippen LogP contribution >= 0.6 is 11.8 Å². The lowest BCUT2D eigenvalue weighted by atomic mass is 10.0. The fourth-order valence-electron chi connectivity index (χ4n) is 4.56. The molecule has 0 unspecified atom stereocenters. The van der Waals surface area contributed by atoms with Crippen LogP contribution in [-0.2, 0) is 29.7 Å². The number of benzene rings is 2. The number of thioether (sulfide) groups is 1. The van der Waals surface area contributed by atoms with Gasteiger partial charge in [0.25, 0.3) is 0 Å². The topological polar surface area (TPSA) is 81.0 Å². The number of rotatable bonds is 7. The highest BCUT2D eigenvalue weighted by molar-refractivity contribution is 7.99. The summed E-state index contributed by atoms with van der Waals surface area (Å²) in [5.74, 6) is 1.83. The van der Waals surface area contributed by atoms with Crippen LogP contribution in [0.3, 0.4) is 0 Å². The predicted molar refractivity (Wildman–Crippen MR) is 140 cm³/mol. The molecule has 0 amide bonds. The molecule has 0 radical (unpaired) electrons. The molecular weight excluding hydrogens is 478 g/mol. The first-order valence-corrected chi connectivity index (χ1v) is 14.7. The zero-order valence-corrected chi connectivity index (χ0v) is 21.6. The quantitative estimate of drug-likeness (QED) is 0.276. The summed E-state index contributed by atoms with van der Waals surface area (Å²) in [5, 5.41) is 10.9. The van der Waals surface area contributed by atoms with Crippen LogP contribution in [0.4, 0.5) is 0 Å². The van der Waals surface area contributed by atoms with E-state index < -0.39 is 9.84 Å². The van der Waals surface area contributed by atoms with E-state index in [1.807, 2.05) is 37.4 Å². The van der Waals surface area contributed by atoms with E-state index in [9.17, 15) is 8.42 Å². The van der Waals surface area contributed by atoms with Crippen molar-refractivity contribution in [2.75, 3.05) is 31.6 Å². The molecule has 0 atom stereocenters. The second-order valence-electron chi connectivity index (χ2n) is 9.02. The van der Waals surface area contributed by atoms with Crippen molar-refractivity contribution in [3.8, 4) is 11.4 Å². The van der Waals surface area contributed by atoms with Gasteiger partial charge in [-0.1, -0.05) is 23.9 Å². The molecule has 182 valence electrons. The number of hydrogen-bond acceptors (Lipinski definition) is 7. The van der Waals surface area contributed by atoms with E-state index in [1.54, 1.807) is 24.0 Å². The van der Waals surface area contributed by atoms with E-state index in [2.05, 4.69) is 36.8 Å². The Morgan fingerprint density at radius 3 is 2.66 bits per heavy atom. The summed E-state index contributed by atoms with van der Waals surface area (Å²) in [6.07, 6.45) is 5.98. The number of hydrogen-bond donors (Lipinski definition) is 0. The van der Waals surface area contributed by atoms with Crippen molar-refractivity contribution in [1.29, 1.82) is 0 Å². The van der Waals surface area contributed by atoms with E-state index in [1.165, 1.54) is 17.4 Å². The molecule has 0 saturated heterocycles. The first-order valence-electron chi connectivity index (χ1n) is 11.8. The number of pyridine rings is 1. The zero-order chi connectivity index (χ0) is 24.4. The Bertz CT molecular complexity index is 1470. The summed E-state index contributed by atoms with van der Waals surface area (Å²) in [7, 11) is -1.15. The third kappa shape index (κ3) is 5.42. The van der Waals surface area contributed by atoms with Gasteiger partial charge in [0.15, 0.2) is 20.8 Å². The molecule has 0 N–H and O–H groups in total. The second kappa shape index (κ2) is 10.1. The summed E-state index contributed by atoms with van der Waals surface area (Å²) in [6.45, 7) is 2.97. The van der Waals surface area contributed by atoms with Gasteiger partial charge in [0, 0.05) is 49.3 Å². The van der Waals surface area contributed by atoms with Gasteiger partial charge in [-0.15, -0.1) is 10.2 Å². The number of aromatic nitrogens is 4. The molecule has 9 heteroatoms. The smallest absolute Gasteiger partial charge is 0.191 e. The monoisotopic (exact) mass is 507 g/mol. The molecule has 0 spiro atoms. The van der Waals surface area contributed by atoms with Crippen LogP contribution in [0.25, 0.3) is 22.3 Å². The highest BCUT2D eigenvalue weighted by atomic mass is 32.2. The fraction of sp³-hybridized carbons (Fsp3) is 0.346. The van der Waals surface area contributed by atoms with Gasteiger partial charge in [-0.05, 0) is 73.3 Å². The first-order chi connectivity index (χ1) is 16.9. The van der Waals surface area contributed by atoms with Gasteiger partial charge in [-0.25, -0.2) is 8.42 Å². The lowest BCUT2D eigenvalue weighted by molar-refractivity contribution is 0.289. The van der Waals surface area contributed by atoms with E-state index in [0.717, 1.165) is 72.1 Å². The minimum absolute atomic E-state index is 0.421. The van der Waals surface area contributed by atoms with Crippen LogP contribution < -0.4 is 0 Å². The molecule has 5 rings (SSSR count). The standard InChI is InChI=1S/C26H29N5O2S2/c1-30-25(22-7-9-24-21(17-22)5-3-12-27-24)28-29-26(30)34-16-4-13-31-14-10-19-6-8-23(35(2,32)33)18-20(19)11-15-31/h3,5-9,12,17-18H,4,10-11,13-16H2,1-2H3. The van der Waals surface area contributed by atoms with Crippen molar-refractivity contribution >= 4 is 32.5 Å². The minimum atomic E-state index is -3.17. The fourth-order valence-corrected chi connectivity index (χ4v) is 6.07. The molecule has 0 fully saturated rings. The van der Waals surface area contributed by atoms with Crippen LogP contribution in [0.2, 0.25) is 0 Å². The summed E-state index contributed by atoms with van der Waals surface area (Å²) in [5.41, 5.74) is 4.45. The van der Waals surface area contributed by atoms with E-state index in [4.69, 9.17) is 0 Å². The lowest BCUT2D eigenvalue weighted by Gasteiger charge is -2.19. The summed E-state index contributed by atoms with van der Waals surface area (Å²) < 4.78 is 25.8. The van der Waals surface area contributed by atoms with Gasteiger partial charge < -0.3 is 9.47 Å². The Balaban J connectivity index is 1.15. The van der Waals surface area contributed by atoms with Crippen molar-refractivity contribution in [2.45, 2.75) is 29.3 Å². The largest absolute Gasteiger partial charge is 0.305 e. The molecule has 7 nitrogen and oxygen atoms in total. The number of sulfone groups is 1. The predicted octanol–water partition coefficient (Wildman–Crippen LogP) is 4.02. The minimum Gasteiger partial charge on any atom is -0.305 e. The van der Waals surface area contributed by atoms with Crippen molar-refractivity contribution < 1.29 is 8.42 Å². The normalized spacial score (nSPS) is 14.7. The maximum Gasteiger partial charge on any atom is 0.191 e. The van der Waals surface area contributed by atoms with Crippen LogP contribution in [-0.4, -0.2) is 64.7 Å². The van der Waals surface area contributed by atoms with E-state index in [0.29, 0.717) is 4.90 Å². The van der Waals surface area contributed by atoms with Crippen LogP contribution in [0.15, 0.2) is 64.8 Å². The van der Waals surface area contributed by atoms with Gasteiger partial charge in [-0.2, -0.15) is 0 Å². The third-order valence-corrected chi connectivity index (χ3v) is 8.76. The van der Waals surface area contributed by atoms with E-state index >= 15 is 0 Å². The molecular formula is C26H29N5O2S2. The second-order valence-corrected chi connectivity index (χ2v) is 12.1.